The van der Waals surface area contributed by atoms with Gasteiger partial charge in [-0.2, -0.15) is 5.10 Å². The van der Waals surface area contributed by atoms with E-state index in [1.54, 1.807) is 25.1 Å². The van der Waals surface area contributed by atoms with E-state index in [4.69, 9.17) is 18.9 Å². The van der Waals surface area contributed by atoms with Gasteiger partial charge in [-0.05, 0) is 70.4 Å². The van der Waals surface area contributed by atoms with Gasteiger partial charge in [0.25, 0.3) is 5.91 Å². The molecule has 0 spiro atoms. The topological polar surface area (TPSA) is 95.5 Å². The SMILES string of the molecule is CCOC(=O)COc1c(Br)cc(/C=N\NC(=O)c2cc3ccccc3cc2OC)cc1OCC. The lowest BCUT2D eigenvalue weighted by Gasteiger charge is -2.14. The molecule has 178 valence electrons. The number of carbonyl (C=O) groups is 2. The first-order valence-corrected chi connectivity index (χ1v) is 11.4. The predicted molar refractivity (Wildman–Crippen MR) is 133 cm³/mol. The summed E-state index contributed by atoms with van der Waals surface area (Å²) in [7, 11) is 1.52. The molecule has 0 aliphatic rings. The van der Waals surface area contributed by atoms with E-state index in [1.165, 1.54) is 13.3 Å². The zero-order valence-electron chi connectivity index (χ0n) is 19.1. The Kier molecular flexibility index (Phi) is 8.86. The number of halogens is 1. The molecule has 0 saturated heterocycles. The van der Waals surface area contributed by atoms with Gasteiger partial charge in [0.15, 0.2) is 18.1 Å². The highest BCUT2D eigenvalue weighted by atomic mass is 79.9. The highest BCUT2D eigenvalue weighted by molar-refractivity contribution is 9.10. The first-order valence-electron chi connectivity index (χ1n) is 10.6. The summed E-state index contributed by atoms with van der Waals surface area (Å²) in [6, 6.07) is 14.7. The third-order valence-corrected chi connectivity index (χ3v) is 5.25. The summed E-state index contributed by atoms with van der Waals surface area (Å²) in [5.74, 6) is 0.365. The average Bonchev–Trinajstić information content (AvgIpc) is 2.83. The minimum Gasteiger partial charge on any atom is -0.496 e. The Morgan fingerprint density at radius 2 is 1.74 bits per heavy atom. The lowest BCUT2D eigenvalue weighted by Crippen LogP contribution is -2.18. The quantitative estimate of drug-likeness (QED) is 0.232. The molecule has 34 heavy (non-hydrogen) atoms. The maximum absolute atomic E-state index is 12.7. The van der Waals surface area contributed by atoms with Crippen molar-refractivity contribution in [2.75, 3.05) is 26.9 Å². The van der Waals surface area contributed by atoms with Crippen molar-refractivity contribution in [1.82, 2.24) is 5.43 Å². The summed E-state index contributed by atoms with van der Waals surface area (Å²) >= 11 is 3.43. The van der Waals surface area contributed by atoms with Crippen molar-refractivity contribution in [1.29, 1.82) is 0 Å². The maximum atomic E-state index is 12.7. The molecule has 9 heteroatoms. The lowest BCUT2D eigenvalue weighted by molar-refractivity contribution is -0.145. The molecule has 0 atom stereocenters. The molecule has 3 aromatic rings. The van der Waals surface area contributed by atoms with Crippen molar-refractivity contribution in [2.45, 2.75) is 13.8 Å². The maximum Gasteiger partial charge on any atom is 0.344 e. The summed E-state index contributed by atoms with van der Waals surface area (Å²) in [5, 5.41) is 5.96. The number of hydrogen-bond donors (Lipinski definition) is 1. The molecule has 0 unspecified atom stereocenters. The second-order valence-corrected chi connectivity index (χ2v) is 7.81. The van der Waals surface area contributed by atoms with Crippen LogP contribution in [-0.2, 0) is 9.53 Å². The number of fused-ring (bicyclic) bond motifs is 1. The van der Waals surface area contributed by atoms with Gasteiger partial charge in [0.05, 0.1) is 36.6 Å². The number of methoxy groups -OCH3 is 1. The molecule has 0 aliphatic heterocycles. The minimum absolute atomic E-state index is 0.246. The number of nitrogens with one attached hydrogen (secondary N) is 1. The summed E-state index contributed by atoms with van der Waals surface area (Å²) in [5.41, 5.74) is 3.54. The number of hydrazone groups is 1. The van der Waals surface area contributed by atoms with Gasteiger partial charge in [0.2, 0.25) is 0 Å². The van der Waals surface area contributed by atoms with Crippen molar-refractivity contribution in [3.63, 3.8) is 0 Å². The predicted octanol–water partition coefficient (Wildman–Crippen LogP) is 4.72. The van der Waals surface area contributed by atoms with Crippen LogP contribution in [0.25, 0.3) is 10.8 Å². The van der Waals surface area contributed by atoms with E-state index in [-0.39, 0.29) is 13.2 Å². The van der Waals surface area contributed by atoms with Gasteiger partial charge in [-0.3, -0.25) is 4.79 Å². The fourth-order valence-corrected chi connectivity index (χ4v) is 3.76. The molecule has 1 amide bonds. The van der Waals surface area contributed by atoms with Gasteiger partial charge in [-0.15, -0.1) is 0 Å². The molecule has 1 N–H and O–H groups in total. The van der Waals surface area contributed by atoms with Crippen LogP contribution in [0.5, 0.6) is 17.2 Å². The van der Waals surface area contributed by atoms with Crippen molar-refractivity contribution in [3.8, 4) is 17.2 Å². The van der Waals surface area contributed by atoms with E-state index in [1.807, 2.05) is 37.3 Å². The van der Waals surface area contributed by atoms with E-state index in [0.717, 1.165) is 10.8 Å². The van der Waals surface area contributed by atoms with Crippen LogP contribution in [0.4, 0.5) is 0 Å². The summed E-state index contributed by atoms with van der Waals surface area (Å²) < 4.78 is 22.1. The Hall–Kier alpha value is -3.59. The molecule has 0 fully saturated rings. The van der Waals surface area contributed by atoms with E-state index < -0.39 is 11.9 Å². The summed E-state index contributed by atoms with van der Waals surface area (Å²) in [4.78, 5) is 24.4. The smallest absolute Gasteiger partial charge is 0.344 e. The fourth-order valence-electron chi connectivity index (χ4n) is 3.19. The Morgan fingerprint density at radius 3 is 2.41 bits per heavy atom. The molecule has 0 bridgehead atoms. The number of ether oxygens (including phenoxy) is 4. The molecule has 3 rings (SSSR count). The molecule has 0 saturated carbocycles. The van der Waals surface area contributed by atoms with E-state index in [2.05, 4.69) is 26.5 Å². The van der Waals surface area contributed by atoms with Crippen LogP contribution in [-0.4, -0.2) is 45.0 Å². The summed E-state index contributed by atoms with van der Waals surface area (Å²) in [6.07, 6.45) is 1.48. The zero-order valence-corrected chi connectivity index (χ0v) is 20.7. The Bertz CT molecular complexity index is 1210. The molecule has 3 aromatic carbocycles. The van der Waals surface area contributed by atoms with Crippen molar-refractivity contribution < 1.29 is 28.5 Å². The van der Waals surface area contributed by atoms with Crippen molar-refractivity contribution >= 4 is 44.8 Å². The normalized spacial score (nSPS) is 10.8. The second kappa shape index (κ2) is 12.0. The first kappa shape index (κ1) is 25.0. The monoisotopic (exact) mass is 528 g/mol. The number of amides is 1. The van der Waals surface area contributed by atoms with Gasteiger partial charge in [-0.25, -0.2) is 10.2 Å². The fraction of sp³-hybridized carbons (Fsp3) is 0.240. The van der Waals surface area contributed by atoms with E-state index in [0.29, 0.717) is 39.5 Å². The largest absolute Gasteiger partial charge is 0.496 e. The molecular weight excluding hydrogens is 504 g/mol. The van der Waals surface area contributed by atoms with E-state index >= 15 is 0 Å². The molecule has 0 radical (unpaired) electrons. The van der Waals surface area contributed by atoms with Crippen molar-refractivity contribution in [3.05, 3.63) is 64.1 Å². The van der Waals surface area contributed by atoms with Gasteiger partial charge < -0.3 is 18.9 Å². The molecule has 0 heterocycles. The van der Waals surface area contributed by atoms with Gasteiger partial charge in [0, 0.05) is 0 Å². The van der Waals surface area contributed by atoms with Crippen LogP contribution in [0, 0.1) is 0 Å². The van der Waals surface area contributed by atoms with Crippen LogP contribution in [0.1, 0.15) is 29.8 Å². The molecular formula is C25H25BrN2O6. The van der Waals surface area contributed by atoms with Gasteiger partial charge in [-0.1, -0.05) is 24.3 Å². The van der Waals surface area contributed by atoms with Crippen molar-refractivity contribution in [2.24, 2.45) is 5.10 Å². The van der Waals surface area contributed by atoms with E-state index in [9.17, 15) is 9.59 Å². The Balaban J connectivity index is 1.76. The van der Waals surface area contributed by atoms with Crippen LogP contribution in [0.15, 0.2) is 58.1 Å². The molecule has 0 aliphatic carbocycles. The van der Waals surface area contributed by atoms with Gasteiger partial charge >= 0.3 is 5.97 Å². The van der Waals surface area contributed by atoms with Crippen LogP contribution in [0.2, 0.25) is 0 Å². The highest BCUT2D eigenvalue weighted by Gasteiger charge is 2.15. The van der Waals surface area contributed by atoms with Gasteiger partial charge in [0.1, 0.15) is 5.75 Å². The average molecular weight is 529 g/mol. The molecule has 0 aromatic heterocycles. The summed E-state index contributed by atoms with van der Waals surface area (Å²) in [6.45, 7) is 3.97. The third kappa shape index (κ3) is 6.26. The number of hydrogen-bond acceptors (Lipinski definition) is 7. The standard InChI is InChI=1S/C25H25BrN2O6/c1-4-32-22-11-16(10-20(26)24(22)34-15-23(29)33-5-2)14-27-28-25(30)19-12-17-8-6-7-9-18(17)13-21(19)31-3/h6-14H,4-5,15H2,1-3H3,(H,28,30)/b27-14-. The third-order valence-electron chi connectivity index (χ3n) is 4.66. The lowest BCUT2D eigenvalue weighted by atomic mass is 10.1. The first-order chi connectivity index (χ1) is 16.5. The number of carbonyl (C=O) groups excluding carboxylic acids is 2. The number of rotatable bonds is 10. The Morgan fingerprint density at radius 1 is 1.00 bits per heavy atom. The zero-order chi connectivity index (χ0) is 24.5. The second-order valence-electron chi connectivity index (χ2n) is 6.96. The Labute approximate surface area is 206 Å². The van der Waals surface area contributed by atoms with Crippen LogP contribution >= 0.6 is 15.9 Å². The van der Waals surface area contributed by atoms with Crippen LogP contribution < -0.4 is 19.6 Å². The number of benzene rings is 3. The van der Waals surface area contributed by atoms with Crippen LogP contribution in [0.3, 0.4) is 0 Å². The number of esters is 1. The number of nitrogens with zero attached hydrogens (tertiary/aromatic N) is 1. The highest BCUT2D eigenvalue weighted by Crippen LogP contribution is 2.36. The molecule has 8 nitrogen and oxygen atoms in total. The minimum atomic E-state index is -0.477.